The SMILES string of the molecule is CCCC(=O)Nc1ccc(SC2CC(=O)N(c3ccc(C(C)=O)cc3)C2=O)cc1. The van der Waals surface area contributed by atoms with Gasteiger partial charge >= 0.3 is 0 Å². The maximum atomic E-state index is 12.8. The van der Waals surface area contributed by atoms with E-state index in [1.807, 2.05) is 19.1 Å². The van der Waals surface area contributed by atoms with Crippen molar-refractivity contribution in [1.29, 1.82) is 0 Å². The normalized spacial score (nSPS) is 16.2. The minimum atomic E-state index is -0.504. The number of carbonyl (C=O) groups is 4. The van der Waals surface area contributed by atoms with Crippen LogP contribution >= 0.6 is 11.8 Å². The predicted octanol–water partition coefficient (Wildman–Crippen LogP) is 4.05. The minimum absolute atomic E-state index is 0.0316. The molecular formula is C22H22N2O4S. The van der Waals surface area contributed by atoms with Crippen LogP contribution in [0.5, 0.6) is 0 Å². The van der Waals surface area contributed by atoms with Crippen molar-refractivity contribution in [2.24, 2.45) is 0 Å². The predicted molar refractivity (Wildman–Crippen MR) is 113 cm³/mol. The standard InChI is InChI=1S/C22H22N2O4S/c1-3-4-20(26)23-16-7-11-18(12-8-16)29-19-13-21(27)24(22(19)28)17-9-5-15(6-10-17)14(2)25/h5-12,19H,3-4,13H2,1-2H3,(H,23,26). The van der Waals surface area contributed by atoms with Crippen molar-refractivity contribution in [1.82, 2.24) is 0 Å². The molecule has 0 radical (unpaired) electrons. The van der Waals surface area contributed by atoms with Crippen molar-refractivity contribution in [2.75, 3.05) is 10.2 Å². The van der Waals surface area contributed by atoms with Gasteiger partial charge in [-0.15, -0.1) is 11.8 Å². The number of nitrogens with zero attached hydrogens (tertiary/aromatic N) is 1. The second-order valence-corrected chi connectivity index (χ2v) is 8.08. The van der Waals surface area contributed by atoms with Gasteiger partial charge in [-0.2, -0.15) is 0 Å². The van der Waals surface area contributed by atoms with Gasteiger partial charge in [0, 0.05) is 29.0 Å². The van der Waals surface area contributed by atoms with Crippen LogP contribution in [0.15, 0.2) is 53.4 Å². The first-order valence-corrected chi connectivity index (χ1v) is 10.3. The maximum Gasteiger partial charge on any atom is 0.247 e. The van der Waals surface area contributed by atoms with Gasteiger partial charge in [0.2, 0.25) is 17.7 Å². The topological polar surface area (TPSA) is 83.6 Å². The van der Waals surface area contributed by atoms with Gasteiger partial charge in [0.1, 0.15) is 0 Å². The van der Waals surface area contributed by atoms with E-state index < -0.39 is 5.25 Å². The molecule has 2 aromatic rings. The van der Waals surface area contributed by atoms with Gasteiger partial charge < -0.3 is 5.32 Å². The van der Waals surface area contributed by atoms with E-state index in [9.17, 15) is 19.2 Å². The molecule has 6 nitrogen and oxygen atoms in total. The Morgan fingerprint density at radius 3 is 2.31 bits per heavy atom. The van der Waals surface area contributed by atoms with Crippen LogP contribution < -0.4 is 10.2 Å². The number of amides is 3. The van der Waals surface area contributed by atoms with Gasteiger partial charge in [-0.1, -0.05) is 6.92 Å². The van der Waals surface area contributed by atoms with Crippen molar-refractivity contribution in [2.45, 2.75) is 43.3 Å². The first-order valence-electron chi connectivity index (χ1n) is 9.43. The van der Waals surface area contributed by atoms with E-state index in [1.54, 1.807) is 36.4 Å². The summed E-state index contributed by atoms with van der Waals surface area (Å²) in [7, 11) is 0. The van der Waals surface area contributed by atoms with Crippen molar-refractivity contribution in [3.63, 3.8) is 0 Å². The van der Waals surface area contributed by atoms with Crippen molar-refractivity contribution < 1.29 is 19.2 Å². The molecule has 3 rings (SSSR count). The summed E-state index contributed by atoms with van der Waals surface area (Å²) in [5.74, 6) is -0.628. The molecule has 0 spiro atoms. The molecule has 29 heavy (non-hydrogen) atoms. The van der Waals surface area contributed by atoms with Crippen molar-refractivity contribution >= 4 is 46.6 Å². The number of nitrogens with one attached hydrogen (secondary N) is 1. The highest BCUT2D eigenvalue weighted by Gasteiger charge is 2.40. The molecule has 1 fully saturated rings. The summed E-state index contributed by atoms with van der Waals surface area (Å²) in [6.45, 7) is 3.41. The van der Waals surface area contributed by atoms with Gasteiger partial charge in [0.25, 0.3) is 0 Å². The van der Waals surface area contributed by atoms with Crippen LogP contribution in [0.25, 0.3) is 0 Å². The largest absolute Gasteiger partial charge is 0.326 e. The molecule has 1 saturated heterocycles. The van der Waals surface area contributed by atoms with Crippen LogP contribution in [0.1, 0.15) is 43.5 Å². The van der Waals surface area contributed by atoms with E-state index in [1.165, 1.54) is 23.6 Å². The Hall–Kier alpha value is -2.93. The number of benzene rings is 2. The van der Waals surface area contributed by atoms with E-state index in [0.29, 0.717) is 23.4 Å². The zero-order valence-electron chi connectivity index (χ0n) is 16.3. The Kier molecular flexibility index (Phi) is 6.49. The van der Waals surface area contributed by atoms with Gasteiger partial charge in [-0.05, 0) is 61.9 Å². The molecule has 150 valence electrons. The number of rotatable bonds is 7. The number of imide groups is 1. The lowest BCUT2D eigenvalue weighted by Crippen LogP contribution is -2.31. The van der Waals surface area contributed by atoms with E-state index in [4.69, 9.17) is 0 Å². The summed E-state index contributed by atoms with van der Waals surface area (Å²) >= 11 is 1.33. The highest BCUT2D eigenvalue weighted by molar-refractivity contribution is 8.00. The van der Waals surface area contributed by atoms with Gasteiger partial charge in [-0.3, -0.25) is 19.2 Å². The summed E-state index contributed by atoms with van der Waals surface area (Å²) in [6.07, 6.45) is 1.37. The first kappa shape index (κ1) is 20.8. The first-order chi connectivity index (χ1) is 13.9. The smallest absolute Gasteiger partial charge is 0.247 e. The molecule has 7 heteroatoms. The summed E-state index contributed by atoms with van der Waals surface area (Å²) < 4.78 is 0. The number of anilines is 2. The van der Waals surface area contributed by atoms with E-state index in [0.717, 1.165) is 11.3 Å². The van der Waals surface area contributed by atoms with E-state index >= 15 is 0 Å². The lowest BCUT2D eigenvalue weighted by molar-refractivity contribution is -0.121. The second kappa shape index (κ2) is 9.05. The molecule has 0 aromatic heterocycles. The molecule has 2 aromatic carbocycles. The number of hydrogen-bond donors (Lipinski definition) is 1. The monoisotopic (exact) mass is 410 g/mol. The van der Waals surface area contributed by atoms with Crippen LogP contribution in [0.3, 0.4) is 0 Å². The maximum absolute atomic E-state index is 12.8. The van der Waals surface area contributed by atoms with Crippen LogP contribution in [0, 0.1) is 0 Å². The highest BCUT2D eigenvalue weighted by Crippen LogP contribution is 2.34. The van der Waals surface area contributed by atoms with Crippen molar-refractivity contribution in [3.8, 4) is 0 Å². The lowest BCUT2D eigenvalue weighted by atomic mass is 10.1. The number of ketones is 1. The Labute approximate surface area is 173 Å². The lowest BCUT2D eigenvalue weighted by Gasteiger charge is -2.15. The molecule has 1 unspecified atom stereocenters. The fraction of sp³-hybridized carbons (Fsp3) is 0.273. The van der Waals surface area contributed by atoms with Crippen LogP contribution in [-0.2, 0) is 14.4 Å². The molecule has 3 amide bonds. The molecule has 1 heterocycles. The molecule has 0 bridgehead atoms. The number of thioether (sulfide) groups is 1. The Bertz CT molecular complexity index is 938. The molecular weight excluding hydrogens is 388 g/mol. The zero-order valence-corrected chi connectivity index (χ0v) is 17.1. The second-order valence-electron chi connectivity index (χ2n) is 6.80. The molecule has 0 saturated carbocycles. The summed E-state index contributed by atoms with van der Waals surface area (Å²) in [5, 5.41) is 2.31. The fourth-order valence-corrected chi connectivity index (χ4v) is 4.10. The molecule has 0 aliphatic carbocycles. The summed E-state index contributed by atoms with van der Waals surface area (Å²) in [5.41, 5.74) is 1.71. The minimum Gasteiger partial charge on any atom is -0.326 e. The van der Waals surface area contributed by atoms with E-state index in [2.05, 4.69) is 5.32 Å². The Balaban J connectivity index is 1.66. The van der Waals surface area contributed by atoms with Gasteiger partial charge in [0.05, 0.1) is 10.9 Å². The zero-order chi connectivity index (χ0) is 21.0. The van der Waals surface area contributed by atoms with Crippen molar-refractivity contribution in [3.05, 3.63) is 54.1 Å². The Morgan fingerprint density at radius 1 is 1.07 bits per heavy atom. The molecule has 1 aliphatic rings. The third-order valence-corrected chi connectivity index (χ3v) is 5.73. The highest BCUT2D eigenvalue weighted by atomic mass is 32.2. The molecule has 1 atom stereocenters. The summed E-state index contributed by atoms with van der Waals surface area (Å²) in [4.78, 5) is 50.3. The van der Waals surface area contributed by atoms with E-state index in [-0.39, 0.29) is 29.9 Å². The van der Waals surface area contributed by atoms with Gasteiger partial charge in [-0.25, -0.2) is 4.90 Å². The third kappa shape index (κ3) is 4.92. The quantitative estimate of drug-likeness (QED) is 0.550. The fourth-order valence-electron chi connectivity index (χ4n) is 3.04. The molecule has 1 N–H and O–H groups in total. The van der Waals surface area contributed by atoms with Gasteiger partial charge in [0.15, 0.2) is 5.78 Å². The average molecular weight is 410 g/mol. The number of Topliss-reactive ketones (excluding diaryl/α,β-unsaturated/α-hetero) is 1. The van der Waals surface area contributed by atoms with Crippen LogP contribution in [0.4, 0.5) is 11.4 Å². The van der Waals surface area contributed by atoms with Crippen LogP contribution in [0.2, 0.25) is 0 Å². The number of hydrogen-bond acceptors (Lipinski definition) is 5. The third-order valence-electron chi connectivity index (χ3n) is 4.53. The number of carbonyl (C=O) groups excluding carboxylic acids is 4. The van der Waals surface area contributed by atoms with Crippen LogP contribution in [-0.4, -0.2) is 28.8 Å². The Morgan fingerprint density at radius 2 is 1.72 bits per heavy atom. The average Bonchev–Trinajstić information content (AvgIpc) is 2.97. The molecule has 1 aliphatic heterocycles. The summed E-state index contributed by atoms with van der Waals surface area (Å²) in [6, 6.07) is 13.7.